The number of benzene rings is 3. The molecule has 3 aromatic carbocycles. The summed E-state index contributed by atoms with van der Waals surface area (Å²) in [7, 11) is 3.53. The Morgan fingerprint density at radius 3 is 2.32 bits per heavy atom. The Labute approximate surface area is 382 Å². The lowest BCUT2D eigenvalue weighted by Gasteiger charge is -2.39. The quantitative estimate of drug-likeness (QED) is 0.100. The van der Waals surface area contributed by atoms with Crippen molar-refractivity contribution in [2.45, 2.75) is 105 Å². The fourth-order valence-electron chi connectivity index (χ4n) is 9.44. The molecule has 16 nitrogen and oxygen atoms in total. The van der Waals surface area contributed by atoms with Crippen molar-refractivity contribution in [1.82, 2.24) is 9.88 Å². The molecular weight excluding hydrogens is 851 g/mol. The molecule has 1 saturated heterocycles. The van der Waals surface area contributed by atoms with Crippen molar-refractivity contribution >= 4 is 56.3 Å². The number of fused-ring (bicyclic) bond motifs is 2. The molecule has 0 aliphatic carbocycles. The van der Waals surface area contributed by atoms with Crippen molar-refractivity contribution in [3.8, 4) is 17.2 Å². The van der Waals surface area contributed by atoms with E-state index in [9.17, 15) is 34.5 Å². The lowest BCUT2D eigenvalue weighted by atomic mass is 9.73. The second-order valence-electron chi connectivity index (χ2n) is 18.5. The average molecular weight is 912 g/mol. The Bertz CT molecular complexity index is 2840. The number of hydrogen-bond donors (Lipinski definition) is 4. The molecule has 3 aliphatic rings. The number of carbonyl (C=O) groups is 2. The molecule has 66 heavy (non-hydrogen) atoms. The fourth-order valence-corrected chi connectivity index (χ4v) is 9.44. The largest absolute Gasteiger partial charge is 0.507 e. The van der Waals surface area contributed by atoms with Crippen LogP contribution >= 0.6 is 0 Å². The molecule has 4 bridgehead atoms. The summed E-state index contributed by atoms with van der Waals surface area (Å²) < 4.78 is 36.9. The van der Waals surface area contributed by atoms with Gasteiger partial charge in [0.1, 0.15) is 40.7 Å². The van der Waals surface area contributed by atoms with Crippen LogP contribution in [0.25, 0.3) is 38.7 Å². The van der Waals surface area contributed by atoms with Crippen LogP contribution in [0.4, 0.5) is 5.69 Å². The number of ether oxygens (including phenoxy) is 5. The van der Waals surface area contributed by atoms with Gasteiger partial charge in [0.05, 0.1) is 29.1 Å². The van der Waals surface area contributed by atoms with Crippen LogP contribution in [0.15, 0.2) is 62.3 Å². The standard InChI is InChI=1S/C50H61N3O13/c1-23-13-12-14-24(2)49(60)52-41-44(58)37-36(40-47(41)65-35-22-32(21-33(55)39(35)51-40)64-31-15-18-53(10)19-16-31)38-46(29(7)43(37)57)66-50(9,48(38)59)62-20-17-34(61-11)28(6)45(63-30(8)54)27(5)25(3)26(4)42(23)56/h12-14,17,20-23,25-28,31,34,42,45,56-57,59H,15-16,18-19H2,1-11H3,(H,52,60)/b13-12+,20-17+,24-14-/t23-,25+,26-,27+,28+,34-,42-,45-,50-/m0/s1. The topological polar surface area (TPSA) is 216 Å². The number of piperidine rings is 1. The highest BCUT2D eigenvalue weighted by molar-refractivity contribution is 6.16. The van der Waals surface area contributed by atoms with Crippen LogP contribution in [0.2, 0.25) is 0 Å². The highest BCUT2D eigenvalue weighted by atomic mass is 16.7. The number of allylic oxidation sites excluding steroid dienone is 2. The van der Waals surface area contributed by atoms with Crippen molar-refractivity contribution in [1.29, 1.82) is 0 Å². The molecule has 1 fully saturated rings. The summed E-state index contributed by atoms with van der Waals surface area (Å²) in [6, 6.07) is 2.82. The zero-order valence-electron chi connectivity index (χ0n) is 39.4. The van der Waals surface area contributed by atoms with Gasteiger partial charge < -0.3 is 53.6 Å². The molecule has 4 heterocycles. The van der Waals surface area contributed by atoms with Gasteiger partial charge in [-0.1, -0.05) is 52.8 Å². The maximum atomic E-state index is 14.8. The Morgan fingerprint density at radius 1 is 0.955 bits per heavy atom. The molecule has 4 aromatic rings. The van der Waals surface area contributed by atoms with Crippen LogP contribution in [0, 0.1) is 36.5 Å². The number of anilines is 1. The molecule has 0 unspecified atom stereocenters. The maximum absolute atomic E-state index is 14.8. The number of nitrogens with zero attached hydrogens (tertiary/aromatic N) is 2. The second-order valence-corrected chi connectivity index (χ2v) is 18.5. The lowest BCUT2D eigenvalue weighted by Crippen LogP contribution is -2.43. The summed E-state index contributed by atoms with van der Waals surface area (Å²) in [5, 5.41) is 37.8. The summed E-state index contributed by atoms with van der Waals surface area (Å²) in [5.41, 5.74) is -2.11. The number of aromatic hydroxyl groups is 1. The molecule has 0 spiro atoms. The minimum Gasteiger partial charge on any atom is -0.507 e. The van der Waals surface area contributed by atoms with Gasteiger partial charge in [0, 0.05) is 74.5 Å². The van der Waals surface area contributed by atoms with Crippen LogP contribution in [0.3, 0.4) is 0 Å². The van der Waals surface area contributed by atoms with Crippen molar-refractivity contribution in [2.24, 2.45) is 29.6 Å². The smallest absolute Gasteiger partial charge is 0.307 e. The summed E-state index contributed by atoms with van der Waals surface area (Å²) in [4.78, 5) is 62.1. The van der Waals surface area contributed by atoms with Crippen molar-refractivity contribution in [3.63, 3.8) is 0 Å². The highest BCUT2D eigenvalue weighted by Crippen LogP contribution is 2.42. The first-order valence-corrected chi connectivity index (χ1v) is 22.5. The summed E-state index contributed by atoms with van der Waals surface area (Å²) in [6.45, 7) is 17.1. The van der Waals surface area contributed by atoms with Gasteiger partial charge in [0.2, 0.25) is 10.9 Å². The van der Waals surface area contributed by atoms with Gasteiger partial charge in [-0.05, 0) is 57.6 Å². The Morgan fingerprint density at radius 2 is 1.65 bits per heavy atom. The van der Waals surface area contributed by atoms with E-state index in [0.717, 1.165) is 25.9 Å². The van der Waals surface area contributed by atoms with Crippen LogP contribution in [0.1, 0.15) is 73.8 Å². The summed E-state index contributed by atoms with van der Waals surface area (Å²) in [5.74, 6) is -5.44. The summed E-state index contributed by atoms with van der Waals surface area (Å²) >= 11 is 0. The third-order valence-corrected chi connectivity index (χ3v) is 14.0. The van der Waals surface area contributed by atoms with Crippen molar-refractivity contribution in [2.75, 3.05) is 32.6 Å². The van der Waals surface area contributed by atoms with Gasteiger partial charge >= 0.3 is 11.8 Å². The minimum absolute atomic E-state index is 0.0328. The van der Waals surface area contributed by atoms with E-state index in [1.54, 1.807) is 31.2 Å². The number of phenols is 1. The SMILES string of the molecule is CO[C@H]1/C=C/O[C@@]2(C)Oc3c(C)c(O)c4c(=O)c(c5oc6cc(OC7CCN(C)CC7)cc(=O)c6nc5c4c3=C2O)NC(=O)/C(C)=C\C=C\[C@H](C)[C@H](O)[C@@H](C)[C@@H](C)[C@@H](C)[C@H](OC(C)=O)[C@@H]1C. The molecule has 1 aromatic heterocycles. The number of likely N-dealkylation sites (tertiary alicyclic amines) is 1. The predicted octanol–water partition coefficient (Wildman–Crippen LogP) is 6.31. The molecule has 9 atom stereocenters. The number of hydrogen-bond acceptors (Lipinski definition) is 15. The minimum atomic E-state index is -1.95. The fraction of sp³-hybridized carbons (Fsp3) is 0.500. The second kappa shape index (κ2) is 18.7. The molecule has 16 heteroatoms. The number of methoxy groups -OCH3 is 1. The van der Waals surface area contributed by atoms with E-state index in [-0.39, 0.29) is 96.3 Å². The highest BCUT2D eigenvalue weighted by Gasteiger charge is 2.44. The predicted molar refractivity (Wildman–Crippen MR) is 249 cm³/mol. The molecular formula is C50H61N3O13. The van der Waals surface area contributed by atoms with Gasteiger partial charge in [0.15, 0.2) is 22.4 Å². The Kier molecular flexibility index (Phi) is 13.6. The normalized spacial score (nSPS) is 30.2. The molecule has 4 N–H and O–H groups in total. The Balaban J connectivity index is 1.46. The van der Waals surface area contributed by atoms with E-state index in [0.29, 0.717) is 0 Å². The molecule has 7 rings (SSSR count). The van der Waals surface area contributed by atoms with E-state index in [4.69, 9.17) is 33.1 Å². The third-order valence-electron chi connectivity index (χ3n) is 14.0. The third kappa shape index (κ3) is 8.85. The number of esters is 1. The number of nitrogens with one attached hydrogen (secondary N) is 1. The van der Waals surface area contributed by atoms with Crippen LogP contribution in [-0.2, 0) is 23.8 Å². The van der Waals surface area contributed by atoms with Crippen LogP contribution in [0.5, 0.6) is 17.2 Å². The van der Waals surface area contributed by atoms with Gasteiger partial charge in [-0.3, -0.25) is 19.2 Å². The summed E-state index contributed by atoms with van der Waals surface area (Å²) in [6.07, 6.45) is 7.00. The number of rotatable bonds is 4. The van der Waals surface area contributed by atoms with E-state index >= 15 is 0 Å². The molecule has 0 radical (unpaired) electrons. The number of carbonyl (C=O) groups excluding carboxylic acids is 2. The molecule has 354 valence electrons. The number of aliphatic hydroxyl groups is 2. The first-order valence-electron chi connectivity index (χ1n) is 22.5. The number of aromatic nitrogens is 1. The van der Waals surface area contributed by atoms with Crippen LogP contribution in [-0.4, -0.2) is 94.5 Å². The van der Waals surface area contributed by atoms with Gasteiger partial charge in [0.25, 0.3) is 5.91 Å². The average Bonchev–Trinajstić information content (AvgIpc) is 3.54. The van der Waals surface area contributed by atoms with Crippen LogP contribution < -0.4 is 30.9 Å². The maximum Gasteiger partial charge on any atom is 0.307 e. The van der Waals surface area contributed by atoms with Crippen molar-refractivity contribution in [3.05, 3.63) is 79.5 Å². The molecule has 0 saturated carbocycles. The first kappa shape index (κ1) is 48.0. The Hall–Kier alpha value is -5.97. The van der Waals surface area contributed by atoms with Gasteiger partial charge in [-0.25, -0.2) is 4.98 Å². The van der Waals surface area contributed by atoms with E-state index in [1.807, 2.05) is 41.7 Å². The van der Waals surface area contributed by atoms with E-state index in [2.05, 4.69) is 10.2 Å². The molecule has 3 aliphatic heterocycles. The lowest BCUT2D eigenvalue weighted by molar-refractivity contribution is -0.157. The van der Waals surface area contributed by atoms with E-state index in [1.165, 1.54) is 46.3 Å². The van der Waals surface area contributed by atoms with Gasteiger partial charge in [-0.15, -0.1) is 0 Å². The first-order chi connectivity index (χ1) is 31.2. The monoisotopic (exact) mass is 911 g/mol. The molecule has 1 amide bonds. The number of amides is 1. The van der Waals surface area contributed by atoms with Gasteiger partial charge in [-0.2, -0.15) is 0 Å². The van der Waals surface area contributed by atoms with Crippen molar-refractivity contribution < 1.29 is 53.0 Å². The zero-order chi connectivity index (χ0) is 48.1. The van der Waals surface area contributed by atoms with E-state index < -0.39 is 64.3 Å². The number of phenolic OH excluding ortho intramolecular Hbond substituents is 1. The zero-order valence-corrected chi connectivity index (χ0v) is 39.4. The number of aliphatic hydroxyl groups excluding tert-OH is 2.